The number of benzene rings is 3. The molecule has 0 radical (unpaired) electrons. The van der Waals surface area contributed by atoms with E-state index >= 15 is 0 Å². The van der Waals surface area contributed by atoms with Crippen molar-refractivity contribution in [2.24, 2.45) is 0 Å². The van der Waals surface area contributed by atoms with Gasteiger partial charge in [0.2, 0.25) is 0 Å². The molecule has 0 saturated heterocycles. The van der Waals surface area contributed by atoms with Crippen LogP contribution in [-0.4, -0.2) is 50.1 Å². The lowest BCUT2D eigenvalue weighted by atomic mass is 9.75. The van der Waals surface area contributed by atoms with E-state index in [2.05, 4.69) is 4.98 Å². The van der Waals surface area contributed by atoms with Crippen LogP contribution in [0.3, 0.4) is 0 Å². The van der Waals surface area contributed by atoms with Gasteiger partial charge >= 0.3 is 0 Å². The summed E-state index contributed by atoms with van der Waals surface area (Å²) >= 11 is 0. The highest BCUT2D eigenvalue weighted by Crippen LogP contribution is 2.39. The van der Waals surface area contributed by atoms with Crippen LogP contribution in [0.5, 0.6) is 0 Å². The number of sulfone groups is 2. The van der Waals surface area contributed by atoms with Gasteiger partial charge in [-0.25, -0.2) is 16.8 Å². The van der Waals surface area contributed by atoms with Crippen molar-refractivity contribution in [3.63, 3.8) is 0 Å². The highest BCUT2D eigenvalue weighted by molar-refractivity contribution is 7.91. The second-order valence-electron chi connectivity index (χ2n) is 11.5. The Bertz CT molecular complexity index is 1790. The molecule has 1 aromatic heterocycles. The Morgan fingerprint density at radius 2 is 1.43 bits per heavy atom. The Labute approximate surface area is 236 Å². The monoisotopic (exact) mass is 581 g/mol. The molecule has 0 aliphatic rings. The summed E-state index contributed by atoms with van der Waals surface area (Å²) in [7, 11) is -6.86. The van der Waals surface area contributed by atoms with E-state index in [0.717, 1.165) is 22.8 Å². The number of rotatable bonds is 8. The quantitative estimate of drug-likeness (QED) is 0.307. The molecule has 0 aliphatic heterocycles. The molecule has 1 heterocycles. The molecule has 0 saturated carbocycles. The molecule has 9 heteroatoms. The fourth-order valence-corrected chi connectivity index (χ4v) is 5.94. The number of hydrogen-bond acceptors (Lipinski definition) is 7. The maximum atomic E-state index is 12.7. The topological polar surface area (TPSA) is 122 Å². The van der Waals surface area contributed by atoms with Crippen LogP contribution in [0.4, 0.5) is 0 Å². The van der Waals surface area contributed by atoms with E-state index in [9.17, 15) is 27.0 Å². The van der Waals surface area contributed by atoms with Crippen LogP contribution < -0.4 is 0 Å². The van der Waals surface area contributed by atoms with Gasteiger partial charge in [0, 0.05) is 36.1 Å². The zero-order chi connectivity index (χ0) is 29.7. The predicted molar refractivity (Wildman–Crippen MR) is 158 cm³/mol. The number of aliphatic hydroxyl groups is 2. The fraction of sp³-hybridized carbons (Fsp3) is 0.323. The molecule has 0 bridgehead atoms. The summed E-state index contributed by atoms with van der Waals surface area (Å²) in [5.41, 5.74) is 0.629. The Kier molecular flexibility index (Phi) is 7.51. The lowest BCUT2D eigenvalue weighted by molar-refractivity contribution is -0.137. The summed E-state index contributed by atoms with van der Waals surface area (Å²) in [6.07, 6.45) is 4.05. The van der Waals surface area contributed by atoms with Gasteiger partial charge in [0.15, 0.2) is 19.7 Å². The first-order valence-electron chi connectivity index (χ1n) is 12.8. The zero-order valence-electron chi connectivity index (χ0n) is 23.5. The van der Waals surface area contributed by atoms with Crippen molar-refractivity contribution < 1.29 is 27.0 Å². The molecular weight excluding hydrogens is 546 g/mol. The first-order chi connectivity index (χ1) is 18.3. The molecule has 40 heavy (non-hydrogen) atoms. The standard InChI is InChI=1S/C31H35NO6S2/c1-29(2,40(6,37)38)25-18-23-11-8-16-32-28(23)27(19-25)22-10-7-9-21(17-22)20-31(34,30(3,4)33)24-12-14-26(15-13-24)39(5,35)36/h7-19,33-34H,20H2,1-6H3. The Hall–Kier alpha value is -3.11. The molecule has 0 amide bonds. The maximum Gasteiger partial charge on any atom is 0.175 e. The third-order valence-electron chi connectivity index (χ3n) is 7.80. The van der Waals surface area contributed by atoms with Crippen molar-refractivity contribution >= 4 is 30.6 Å². The lowest BCUT2D eigenvalue weighted by Gasteiger charge is -2.39. The summed E-state index contributed by atoms with van der Waals surface area (Å²) in [6.45, 7) is 6.38. The van der Waals surface area contributed by atoms with Gasteiger partial charge in [-0.2, -0.15) is 0 Å². The Morgan fingerprint density at radius 1 is 0.775 bits per heavy atom. The average Bonchev–Trinajstić information content (AvgIpc) is 2.86. The van der Waals surface area contributed by atoms with Crippen molar-refractivity contribution in [1.29, 1.82) is 0 Å². The minimum atomic E-state index is -3.43. The number of pyridine rings is 1. The third-order valence-corrected chi connectivity index (χ3v) is 11.0. The largest absolute Gasteiger partial charge is 0.387 e. The van der Waals surface area contributed by atoms with E-state index < -0.39 is 35.6 Å². The first kappa shape index (κ1) is 29.9. The van der Waals surface area contributed by atoms with E-state index in [1.165, 1.54) is 44.4 Å². The third kappa shape index (κ3) is 5.56. The smallest absolute Gasteiger partial charge is 0.175 e. The van der Waals surface area contributed by atoms with Crippen molar-refractivity contribution in [3.8, 4) is 11.1 Å². The van der Waals surface area contributed by atoms with Crippen LogP contribution in [0, 0.1) is 0 Å². The summed E-state index contributed by atoms with van der Waals surface area (Å²) in [4.78, 5) is 4.69. The van der Waals surface area contributed by atoms with E-state index in [1.807, 2.05) is 42.5 Å². The number of nitrogens with zero attached hydrogens (tertiary/aromatic N) is 1. The van der Waals surface area contributed by atoms with Gasteiger partial charge in [-0.3, -0.25) is 4.98 Å². The summed E-state index contributed by atoms with van der Waals surface area (Å²) in [5.74, 6) is 0. The number of aromatic nitrogens is 1. The van der Waals surface area contributed by atoms with Gasteiger partial charge < -0.3 is 10.2 Å². The minimum absolute atomic E-state index is 0.0302. The molecule has 4 rings (SSSR count). The lowest BCUT2D eigenvalue weighted by Crippen LogP contribution is -2.49. The molecule has 212 valence electrons. The second kappa shape index (κ2) is 10.1. The van der Waals surface area contributed by atoms with Gasteiger partial charge in [0.1, 0.15) is 5.60 Å². The van der Waals surface area contributed by atoms with Crippen molar-refractivity contribution in [2.45, 2.75) is 55.0 Å². The second-order valence-corrected chi connectivity index (χ2v) is 16.1. The van der Waals surface area contributed by atoms with Crippen LogP contribution >= 0.6 is 0 Å². The molecule has 2 N–H and O–H groups in total. The predicted octanol–water partition coefficient (Wildman–Crippen LogP) is 4.79. The van der Waals surface area contributed by atoms with Gasteiger partial charge in [0.05, 0.1) is 20.8 Å². The minimum Gasteiger partial charge on any atom is -0.387 e. The van der Waals surface area contributed by atoms with Crippen LogP contribution in [-0.2, 0) is 36.4 Å². The van der Waals surface area contributed by atoms with Crippen molar-refractivity contribution in [1.82, 2.24) is 4.98 Å². The number of fused-ring (bicyclic) bond motifs is 1. The average molecular weight is 582 g/mol. The molecular formula is C31H35NO6S2. The van der Waals surface area contributed by atoms with Crippen LogP contribution in [0.1, 0.15) is 44.4 Å². The van der Waals surface area contributed by atoms with Gasteiger partial charge in [-0.15, -0.1) is 0 Å². The molecule has 1 atom stereocenters. The fourth-order valence-electron chi connectivity index (χ4n) is 4.77. The molecule has 0 aliphatic carbocycles. The van der Waals surface area contributed by atoms with E-state index in [1.54, 1.807) is 26.1 Å². The highest BCUT2D eigenvalue weighted by Gasteiger charge is 2.44. The Morgan fingerprint density at radius 3 is 2.00 bits per heavy atom. The van der Waals surface area contributed by atoms with Gasteiger partial charge in [-0.1, -0.05) is 42.5 Å². The van der Waals surface area contributed by atoms with Gasteiger partial charge in [0.25, 0.3) is 0 Å². The zero-order valence-corrected chi connectivity index (χ0v) is 25.1. The van der Waals surface area contributed by atoms with Crippen molar-refractivity contribution in [2.75, 3.05) is 12.5 Å². The van der Waals surface area contributed by atoms with Crippen LogP contribution in [0.15, 0.2) is 83.9 Å². The van der Waals surface area contributed by atoms with E-state index in [-0.39, 0.29) is 11.3 Å². The van der Waals surface area contributed by atoms with Crippen LogP contribution in [0.25, 0.3) is 22.0 Å². The highest BCUT2D eigenvalue weighted by atomic mass is 32.2. The van der Waals surface area contributed by atoms with Crippen molar-refractivity contribution in [3.05, 3.63) is 95.7 Å². The maximum absolute atomic E-state index is 12.7. The summed E-state index contributed by atoms with van der Waals surface area (Å²) in [6, 6.07) is 20.7. The summed E-state index contributed by atoms with van der Waals surface area (Å²) in [5, 5.41) is 23.7. The molecule has 1 unspecified atom stereocenters. The first-order valence-corrected chi connectivity index (χ1v) is 16.6. The molecule has 3 aromatic carbocycles. The van der Waals surface area contributed by atoms with E-state index in [0.29, 0.717) is 22.2 Å². The molecule has 4 aromatic rings. The summed E-state index contributed by atoms with van der Waals surface area (Å²) < 4.78 is 48.0. The molecule has 0 fully saturated rings. The van der Waals surface area contributed by atoms with Crippen LogP contribution in [0.2, 0.25) is 0 Å². The normalized spacial score (nSPS) is 14.7. The molecule has 7 nitrogen and oxygen atoms in total. The van der Waals surface area contributed by atoms with E-state index in [4.69, 9.17) is 0 Å². The number of hydrogen-bond donors (Lipinski definition) is 2. The van der Waals surface area contributed by atoms with Gasteiger partial charge in [-0.05, 0) is 80.3 Å². The Balaban J connectivity index is 1.84. The SMILES string of the molecule is CC(C)(O)C(O)(Cc1cccc(-c2cc(C(C)(C)S(C)(=O)=O)cc3cccnc23)c1)c1ccc(S(C)(=O)=O)cc1. The molecule has 0 spiro atoms.